The van der Waals surface area contributed by atoms with Gasteiger partial charge in [0.2, 0.25) is 5.96 Å². The number of nitrogens with zero attached hydrogens (tertiary/aromatic N) is 3. The molecule has 1 heterocycles. The quantitative estimate of drug-likeness (QED) is 0.246. The maximum atomic E-state index is 11.2. The monoisotopic (exact) mass is 430 g/mol. The molecule has 2 aromatic carbocycles. The SMILES string of the molecule is COC(OC)[C@]1(C)Oc2ccccc2[C@H](N=C(N)N(C#N)c2ccc(Cl)cc2)[C@H]1O. The first-order valence-electron chi connectivity index (χ1n) is 9.16. The number of hydrogen-bond donors (Lipinski definition) is 2. The number of ether oxygens (including phenoxy) is 3. The van der Waals surface area contributed by atoms with Crippen molar-refractivity contribution in [1.29, 1.82) is 5.26 Å². The molecular weight excluding hydrogens is 408 g/mol. The summed E-state index contributed by atoms with van der Waals surface area (Å²) in [5, 5.41) is 21.4. The molecule has 0 aliphatic carbocycles. The van der Waals surface area contributed by atoms with Crippen molar-refractivity contribution >= 4 is 23.2 Å². The first-order valence-corrected chi connectivity index (χ1v) is 9.53. The Morgan fingerprint density at radius 1 is 1.27 bits per heavy atom. The molecule has 3 N–H and O–H groups in total. The van der Waals surface area contributed by atoms with Gasteiger partial charge in [-0.3, -0.25) is 0 Å². The fourth-order valence-electron chi connectivity index (χ4n) is 3.52. The number of benzene rings is 2. The number of aliphatic hydroxyl groups is 1. The summed E-state index contributed by atoms with van der Waals surface area (Å²) in [7, 11) is 2.92. The molecule has 0 spiro atoms. The second-order valence-electron chi connectivity index (χ2n) is 6.92. The van der Waals surface area contributed by atoms with E-state index in [0.717, 1.165) is 4.90 Å². The molecule has 3 atom stereocenters. The summed E-state index contributed by atoms with van der Waals surface area (Å²) < 4.78 is 16.8. The molecule has 3 rings (SSSR count). The van der Waals surface area contributed by atoms with Crippen molar-refractivity contribution < 1.29 is 19.3 Å². The summed E-state index contributed by atoms with van der Waals surface area (Å²) in [5.74, 6) is 0.426. The Morgan fingerprint density at radius 2 is 1.90 bits per heavy atom. The highest BCUT2D eigenvalue weighted by molar-refractivity contribution is 6.30. The number of rotatable bonds is 5. The molecule has 30 heavy (non-hydrogen) atoms. The van der Waals surface area contributed by atoms with E-state index in [1.807, 2.05) is 18.3 Å². The fourth-order valence-corrected chi connectivity index (χ4v) is 3.65. The number of aliphatic hydroxyl groups excluding tert-OH is 1. The number of para-hydroxylation sites is 1. The van der Waals surface area contributed by atoms with Gasteiger partial charge >= 0.3 is 0 Å². The van der Waals surface area contributed by atoms with Gasteiger partial charge in [-0.1, -0.05) is 29.8 Å². The standard InChI is InChI=1S/C21H23ClN4O4/c1-21(19(28-2)29-3)18(27)17(15-6-4-5-7-16(15)30-21)25-20(24)26(12-23)14-10-8-13(22)9-11-14/h4-11,17-19,27H,1-3H3,(H2,24,25)/t17-,18+,21+/m0/s1. The summed E-state index contributed by atoms with van der Waals surface area (Å²) >= 11 is 5.92. The Bertz CT molecular complexity index is 958. The maximum Gasteiger partial charge on any atom is 0.210 e. The van der Waals surface area contributed by atoms with Crippen LogP contribution in [-0.4, -0.2) is 43.3 Å². The average Bonchev–Trinajstić information content (AvgIpc) is 2.74. The lowest BCUT2D eigenvalue weighted by Crippen LogP contribution is -2.59. The van der Waals surface area contributed by atoms with E-state index in [2.05, 4.69) is 4.99 Å². The lowest BCUT2D eigenvalue weighted by atomic mass is 9.85. The van der Waals surface area contributed by atoms with E-state index in [1.165, 1.54) is 14.2 Å². The van der Waals surface area contributed by atoms with Gasteiger partial charge < -0.3 is 25.1 Å². The van der Waals surface area contributed by atoms with Gasteiger partial charge in [-0.05, 0) is 37.3 Å². The Labute approximate surface area is 180 Å². The van der Waals surface area contributed by atoms with Crippen LogP contribution in [0.3, 0.4) is 0 Å². The van der Waals surface area contributed by atoms with E-state index >= 15 is 0 Å². The van der Waals surface area contributed by atoms with Gasteiger partial charge in [-0.15, -0.1) is 0 Å². The van der Waals surface area contributed by atoms with Crippen LogP contribution in [0.25, 0.3) is 0 Å². The van der Waals surface area contributed by atoms with Gasteiger partial charge in [0.25, 0.3) is 0 Å². The molecule has 8 nitrogen and oxygen atoms in total. The van der Waals surface area contributed by atoms with Gasteiger partial charge in [0.1, 0.15) is 17.9 Å². The molecule has 0 bridgehead atoms. The summed E-state index contributed by atoms with van der Waals surface area (Å²) in [6.45, 7) is 1.67. The molecular formula is C21H23ClN4O4. The highest BCUT2D eigenvalue weighted by atomic mass is 35.5. The Hall–Kier alpha value is -2.83. The number of fused-ring (bicyclic) bond motifs is 1. The van der Waals surface area contributed by atoms with Crippen LogP contribution in [0.5, 0.6) is 5.75 Å². The van der Waals surface area contributed by atoms with Gasteiger partial charge in [0.15, 0.2) is 18.1 Å². The van der Waals surface area contributed by atoms with Gasteiger partial charge in [-0.25, -0.2) is 9.89 Å². The van der Waals surface area contributed by atoms with Crippen LogP contribution in [0, 0.1) is 11.5 Å². The summed E-state index contributed by atoms with van der Waals surface area (Å²) in [6, 6.07) is 12.9. The van der Waals surface area contributed by atoms with Crippen molar-refractivity contribution in [3.63, 3.8) is 0 Å². The zero-order valence-electron chi connectivity index (χ0n) is 16.8. The number of halogens is 1. The number of nitriles is 1. The first-order chi connectivity index (χ1) is 14.3. The van der Waals surface area contributed by atoms with Crippen LogP contribution in [0.2, 0.25) is 5.02 Å². The number of hydrogen-bond acceptors (Lipinski definition) is 6. The maximum absolute atomic E-state index is 11.2. The summed E-state index contributed by atoms with van der Waals surface area (Å²) in [6.07, 6.45) is -0.0472. The van der Waals surface area contributed by atoms with Crippen molar-refractivity contribution in [3.05, 3.63) is 59.1 Å². The van der Waals surface area contributed by atoms with Gasteiger partial charge in [0.05, 0.1) is 5.69 Å². The van der Waals surface area contributed by atoms with Crippen LogP contribution in [-0.2, 0) is 9.47 Å². The van der Waals surface area contributed by atoms with Gasteiger partial charge in [-0.2, -0.15) is 5.26 Å². The molecule has 1 aliphatic rings. The zero-order chi connectivity index (χ0) is 21.9. The van der Waals surface area contributed by atoms with E-state index in [-0.39, 0.29) is 5.96 Å². The molecule has 0 saturated carbocycles. The molecule has 9 heteroatoms. The highest BCUT2D eigenvalue weighted by Gasteiger charge is 2.52. The van der Waals surface area contributed by atoms with Crippen LogP contribution in [0.1, 0.15) is 18.5 Å². The molecule has 2 aromatic rings. The Kier molecular flexibility index (Phi) is 6.48. The smallest absolute Gasteiger partial charge is 0.210 e. The van der Waals surface area contributed by atoms with Crippen molar-refractivity contribution in [3.8, 4) is 11.9 Å². The zero-order valence-corrected chi connectivity index (χ0v) is 17.6. The van der Waals surface area contributed by atoms with Crippen molar-refractivity contribution in [1.82, 2.24) is 0 Å². The minimum atomic E-state index is -1.27. The third-order valence-electron chi connectivity index (χ3n) is 5.04. The first kappa shape index (κ1) is 21.9. The predicted octanol–water partition coefficient (Wildman–Crippen LogP) is 2.81. The van der Waals surface area contributed by atoms with Crippen LogP contribution in [0.4, 0.5) is 5.69 Å². The lowest BCUT2D eigenvalue weighted by Gasteiger charge is -2.45. The number of nitrogens with two attached hydrogens (primary N) is 1. The predicted molar refractivity (Wildman–Crippen MR) is 113 cm³/mol. The number of methoxy groups -OCH3 is 2. The third-order valence-corrected chi connectivity index (χ3v) is 5.29. The van der Waals surface area contributed by atoms with E-state index in [9.17, 15) is 10.4 Å². The topological polar surface area (TPSA) is 113 Å². The highest BCUT2D eigenvalue weighted by Crippen LogP contribution is 2.44. The Balaban J connectivity index is 2.05. The largest absolute Gasteiger partial charge is 0.479 e. The molecule has 0 radical (unpaired) electrons. The molecule has 0 amide bonds. The van der Waals surface area contributed by atoms with Crippen LogP contribution < -0.4 is 15.4 Å². The summed E-state index contributed by atoms with van der Waals surface area (Å²) in [5.41, 5.74) is 6.03. The number of guanidine groups is 1. The van der Waals surface area contributed by atoms with Crippen molar-refractivity contribution in [2.75, 3.05) is 19.1 Å². The van der Waals surface area contributed by atoms with E-state index in [1.54, 1.807) is 43.3 Å². The van der Waals surface area contributed by atoms with Crippen LogP contribution >= 0.6 is 11.6 Å². The molecule has 0 saturated heterocycles. The molecule has 158 valence electrons. The van der Waals surface area contributed by atoms with E-state index in [4.69, 9.17) is 31.5 Å². The second kappa shape index (κ2) is 8.90. The number of aliphatic imine (C=N–C) groups is 1. The van der Waals surface area contributed by atoms with E-state index in [0.29, 0.717) is 22.0 Å². The van der Waals surface area contributed by atoms with Crippen molar-refractivity contribution in [2.45, 2.75) is 31.0 Å². The second-order valence-corrected chi connectivity index (χ2v) is 7.35. The molecule has 0 fully saturated rings. The normalized spacial score (nSPS) is 23.4. The minimum absolute atomic E-state index is 0.0886. The third kappa shape index (κ3) is 3.93. The summed E-state index contributed by atoms with van der Waals surface area (Å²) in [4.78, 5) is 5.65. The lowest BCUT2D eigenvalue weighted by molar-refractivity contribution is -0.237. The van der Waals surface area contributed by atoms with E-state index < -0.39 is 24.0 Å². The van der Waals surface area contributed by atoms with Crippen LogP contribution in [0.15, 0.2) is 53.5 Å². The minimum Gasteiger partial charge on any atom is -0.479 e. The fraction of sp³-hybridized carbons (Fsp3) is 0.333. The molecule has 0 unspecified atom stereocenters. The number of anilines is 1. The molecule has 0 aromatic heterocycles. The van der Waals surface area contributed by atoms with Gasteiger partial charge in [0, 0.05) is 24.8 Å². The van der Waals surface area contributed by atoms with Crippen molar-refractivity contribution in [2.24, 2.45) is 10.7 Å². The Morgan fingerprint density at radius 3 is 2.50 bits per heavy atom. The molecule has 1 aliphatic heterocycles. The average molecular weight is 431 g/mol.